The number of benzene rings is 2. The quantitative estimate of drug-likeness (QED) is 0.488. The highest BCUT2D eigenvalue weighted by Gasteiger charge is 2.31. The Balaban J connectivity index is 1.85. The molecule has 1 N–H and O–H groups in total. The van der Waals surface area contributed by atoms with E-state index in [1.807, 2.05) is 30.3 Å². The van der Waals surface area contributed by atoms with Gasteiger partial charge in [0.25, 0.3) is 0 Å². The SMILES string of the molecule is C[C@@H](C(=O)NC1CCCC1)N(CCc1ccccc1)C(=O)CN(c1cc(Cl)ccc1Cl)S(C)(=O)=O. The van der Waals surface area contributed by atoms with E-state index in [4.69, 9.17) is 23.2 Å². The zero-order valence-corrected chi connectivity index (χ0v) is 22.2. The number of anilines is 1. The van der Waals surface area contributed by atoms with E-state index in [1.54, 1.807) is 6.92 Å². The Hall–Kier alpha value is -2.29. The highest BCUT2D eigenvalue weighted by atomic mass is 35.5. The van der Waals surface area contributed by atoms with E-state index < -0.39 is 28.5 Å². The predicted molar refractivity (Wildman–Crippen MR) is 140 cm³/mol. The second-order valence-electron chi connectivity index (χ2n) is 8.85. The van der Waals surface area contributed by atoms with Gasteiger partial charge in [0, 0.05) is 17.6 Å². The van der Waals surface area contributed by atoms with Crippen molar-refractivity contribution in [3.05, 3.63) is 64.1 Å². The average Bonchev–Trinajstić information content (AvgIpc) is 3.32. The minimum absolute atomic E-state index is 0.105. The molecule has 35 heavy (non-hydrogen) atoms. The van der Waals surface area contributed by atoms with Crippen LogP contribution in [0.3, 0.4) is 0 Å². The topological polar surface area (TPSA) is 86.8 Å². The van der Waals surface area contributed by atoms with Crippen LogP contribution in [0.5, 0.6) is 0 Å². The number of rotatable bonds is 10. The number of amides is 2. The van der Waals surface area contributed by atoms with Gasteiger partial charge in [-0.3, -0.25) is 13.9 Å². The molecule has 190 valence electrons. The molecule has 10 heteroatoms. The number of halogens is 2. The standard InChI is InChI=1S/C25H31Cl2N3O4S/c1-18(25(32)28-21-10-6-7-11-21)29(15-14-19-8-4-3-5-9-19)24(31)17-30(35(2,33)34)23-16-20(26)12-13-22(23)27/h3-5,8-9,12-13,16,18,21H,6-7,10-11,14-15,17H2,1-2H3,(H,28,32)/t18-/m0/s1. The Labute approximate surface area is 217 Å². The van der Waals surface area contributed by atoms with Gasteiger partial charge in [-0.2, -0.15) is 0 Å². The van der Waals surface area contributed by atoms with Crippen molar-refractivity contribution in [2.24, 2.45) is 0 Å². The van der Waals surface area contributed by atoms with Crippen LogP contribution in [-0.4, -0.2) is 56.6 Å². The highest BCUT2D eigenvalue weighted by molar-refractivity contribution is 7.92. The van der Waals surface area contributed by atoms with Crippen LogP contribution in [0.2, 0.25) is 10.0 Å². The summed E-state index contributed by atoms with van der Waals surface area (Å²) in [7, 11) is -3.88. The first-order valence-corrected chi connectivity index (χ1v) is 14.2. The molecule has 0 aromatic heterocycles. The smallest absolute Gasteiger partial charge is 0.244 e. The summed E-state index contributed by atoms with van der Waals surface area (Å²) in [6.45, 7) is 1.42. The molecule has 1 aliphatic carbocycles. The van der Waals surface area contributed by atoms with Gasteiger partial charge in [0.2, 0.25) is 21.8 Å². The van der Waals surface area contributed by atoms with Gasteiger partial charge in [-0.25, -0.2) is 8.42 Å². The fourth-order valence-corrected chi connectivity index (χ4v) is 5.52. The van der Waals surface area contributed by atoms with E-state index in [9.17, 15) is 18.0 Å². The second-order valence-corrected chi connectivity index (χ2v) is 11.6. The van der Waals surface area contributed by atoms with Crippen LogP contribution in [-0.2, 0) is 26.0 Å². The first-order chi connectivity index (χ1) is 16.6. The summed E-state index contributed by atoms with van der Waals surface area (Å²) in [5.74, 6) is -0.749. The number of carbonyl (C=O) groups excluding carboxylic acids is 2. The van der Waals surface area contributed by atoms with Gasteiger partial charge >= 0.3 is 0 Å². The van der Waals surface area contributed by atoms with Crippen LogP contribution in [0.15, 0.2) is 48.5 Å². The molecule has 0 spiro atoms. The molecule has 2 amide bonds. The fourth-order valence-electron chi connectivity index (χ4n) is 4.23. The minimum Gasteiger partial charge on any atom is -0.352 e. The van der Waals surface area contributed by atoms with Gasteiger partial charge in [-0.05, 0) is 49.9 Å². The first-order valence-electron chi connectivity index (χ1n) is 11.6. The summed E-state index contributed by atoms with van der Waals surface area (Å²) in [4.78, 5) is 28.0. The lowest BCUT2D eigenvalue weighted by Crippen LogP contribution is -2.53. The Bertz CT molecular complexity index is 1140. The van der Waals surface area contributed by atoms with Crippen LogP contribution in [0.4, 0.5) is 5.69 Å². The van der Waals surface area contributed by atoms with E-state index in [2.05, 4.69) is 5.32 Å². The number of nitrogens with one attached hydrogen (secondary N) is 1. The summed E-state index contributed by atoms with van der Waals surface area (Å²) in [6.07, 6.45) is 5.50. The number of sulfonamides is 1. The third-order valence-electron chi connectivity index (χ3n) is 6.21. The molecule has 7 nitrogen and oxygen atoms in total. The maximum atomic E-state index is 13.5. The lowest BCUT2D eigenvalue weighted by Gasteiger charge is -2.32. The van der Waals surface area contributed by atoms with Crippen molar-refractivity contribution in [1.29, 1.82) is 0 Å². The largest absolute Gasteiger partial charge is 0.352 e. The molecular weight excluding hydrogens is 509 g/mol. The van der Waals surface area contributed by atoms with Crippen molar-refractivity contribution >= 4 is 50.7 Å². The highest BCUT2D eigenvalue weighted by Crippen LogP contribution is 2.30. The molecule has 1 aliphatic rings. The van der Waals surface area contributed by atoms with Gasteiger partial charge in [0.15, 0.2) is 0 Å². The average molecular weight is 541 g/mol. The molecule has 3 rings (SSSR count). The lowest BCUT2D eigenvalue weighted by molar-refractivity contribution is -0.139. The van der Waals surface area contributed by atoms with Crippen LogP contribution in [0.1, 0.15) is 38.2 Å². The van der Waals surface area contributed by atoms with E-state index in [-0.39, 0.29) is 34.2 Å². The van der Waals surface area contributed by atoms with Crippen LogP contribution in [0.25, 0.3) is 0 Å². The van der Waals surface area contributed by atoms with Crippen molar-refractivity contribution in [3.63, 3.8) is 0 Å². The molecule has 0 heterocycles. The first kappa shape index (κ1) is 27.3. The third-order valence-corrected chi connectivity index (χ3v) is 7.89. The minimum atomic E-state index is -3.88. The Morgan fingerprint density at radius 1 is 1.09 bits per heavy atom. The summed E-state index contributed by atoms with van der Waals surface area (Å²) < 4.78 is 26.2. The molecule has 1 atom stereocenters. The Kier molecular flexibility index (Phi) is 9.44. The maximum Gasteiger partial charge on any atom is 0.244 e. The number of nitrogens with zero attached hydrogens (tertiary/aromatic N) is 2. The van der Waals surface area contributed by atoms with Gasteiger partial charge in [-0.1, -0.05) is 66.4 Å². The zero-order valence-electron chi connectivity index (χ0n) is 19.9. The number of carbonyl (C=O) groups is 2. The molecule has 0 saturated heterocycles. The monoisotopic (exact) mass is 539 g/mol. The van der Waals surface area contributed by atoms with Gasteiger partial charge in [0.1, 0.15) is 12.6 Å². The molecule has 0 radical (unpaired) electrons. The Morgan fingerprint density at radius 2 is 1.74 bits per heavy atom. The predicted octanol–water partition coefficient (Wildman–Crippen LogP) is 4.28. The second kappa shape index (κ2) is 12.1. The number of hydrogen-bond acceptors (Lipinski definition) is 4. The summed E-state index contributed by atoms with van der Waals surface area (Å²) in [6, 6.07) is 13.4. The number of hydrogen-bond donors (Lipinski definition) is 1. The molecule has 2 aromatic carbocycles. The molecule has 0 unspecified atom stereocenters. The summed E-state index contributed by atoms with van der Waals surface area (Å²) in [5, 5.41) is 3.48. The van der Waals surface area contributed by atoms with Crippen molar-refractivity contribution in [1.82, 2.24) is 10.2 Å². The Morgan fingerprint density at radius 3 is 2.37 bits per heavy atom. The maximum absolute atomic E-state index is 13.5. The van der Waals surface area contributed by atoms with E-state index in [0.29, 0.717) is 6.42 Å². The van der Waals surface area contributed by atoms with Gasteiger partial charge in [0.05, 0.1) is 17.0 Å². The van der Waals surface area contributed by atoms with Gasteiger partial charge in [-0.15, -0.1) is 0 Å². The van der Waals surface area contributed by atoms with E-state index in [0.717, 1.165) is 41.8 Å². The molecule has 1 fully saturated rings. The van der Waals surface area contributed by atoms with Crippen molar-refractivity contribution in [2.45, 2.75) is 51.1 Å². The van der Waals surface area contributed by atoms with Crippen LogP contribution >= 0.6 is 23.2 Å². The van der Waals surface area contributed by atoms with E-state index in [1.165, 1.54) is 23.1 Å². The van der Waals surface area contributed by atoms with Crippen LogP contribution in [0, 0.1) is 0 Å². The third kappa shape index (κ3) is 7.59. The van der Waals surface area contributed by atoms with Crippen molar-refractivity contribution in [2.75, 3.05) is 23.7 Å². The van der Waals surface area contributed by atoms with E-state index >= 15 is 0 Å². The summed E-state index contributed by atoms with van der Waals surface area (Å²) >= 11 is 12.3. The molecule has 0 aliphatic heterocycles. The molecule has 2 aromatic rings. The normalized spacial score (nSPS) is 15.0. The van der Waals surface area contributed by atoms with Gasteiger partial charge < -0.3 is 10.2 Å². The molecular formula is C25H31Cl2N3O4S. The zero-order chi connectivity index (χ0) is 25.6. The summed E-state index contributed by atoms with van der Waals surface area (Å²) in [5.41, 5.74) is 1.12. The van der Waals surface area contributed by atoms with Crippen molar-refractivity contribution < 1.29 is 18.0 Å². The lowest BCUT2D eigenvalue weighted by atomic mass is 10.1. The van der Waals surface area contributed by atoms with Crippen molar-refractivity contribution in [3.8, 4) is 0 Å². The molecule has 0 bridgehead atoms. The fraction of sp³-hybridized carbons (Fsp3) is 0.440. The van der Waals surface area contributed by atoms with Crippen LogP contribution < -0.4 is 9.62 Å². The molecule has 1 saturated carbocycles.